The third-order valence-corrected chi connectivity index (χ3v) is 3.95. The summed E-state index contributed by atoms with van der Waals surface area (Å²) in [5.41, 5.74) is 5.53. The zero-order chi connectivity index (χ0) is 14.1. The summed E-state index contributed by atoms with van der Waals surface area (Å²) in [7, 11) is 1.91. The fourth-order valence-corrected chi connectivity index (χ4v) is 2.65. The second-order valence-electron chi connectivity index (χ2n) is 5.22. The molecule has 3 heteroatoms. The third-order valence-electron chi connectivity index (χ3n) is 3.95. The van der Waals surface area contributed by atoms with Gasteiger partial charge in [0.15, 0.2) is 0 Å². The van der Waals surface area contributed by atoms with E-state index in [4.69, 9.17) is 4.74 Å². The Hall–Kier alpha value is -1.71. The van der Waals surface area contributed by atoms with E-state index >= 15 is 0 Å². The van der Waals surface area contributed by atoms with Crippen LogP contribution >= 0.6 is 0 Å². The number of rotatable bonds is 3. The van der Waals surface area contributed by atoms with Gasteiger partial charge in [0, 0.05) is 6.04 Å². The zero-order valence-electron chi connectivity index (χ0n) is 11.7. The van der Waals surface area contributed by atoms with Gasteiger partial charge in [-0.15, -0.1) is 0 Å². The van der Waals surface area contributed by atoms with Crippen molar-refractivity contribution in [3.8, 4) is 11.1 Å². The second-order valence-corrected chi connectivity index (χ2v) is 5.22. The van der Waals surface area contributed by atoms with E-state index in [-0.39, 0.29) is 11.9 Å². The molecule has 0 fully saturated rings. The molecule has 0 bridgehead atoms. The van der Waals surface area contributed by atoms with Crippen LogP contribution in [0.2, 0.25) is 0 Å². The molecular weight excluding hydrogens is 253 g/mol. The van der Waals surface area contributed by atoms with E-state index < -0.39 is 0 Å². The molecule has 0 saturated carbocycles. The van der Waals surface area contributed by atoms with Crippen molar-refractivity contribution in [2.75, 3.05) is 7.05 Å². The lowest BCUT2D eigenvalue weighted by atomic mass is 9.93. The van der Waals surface area contributed by atoms with Crippen molar-refractivity contribution in [1.82, 2.24) is 5.32 Å². The van der Waals surface area contributed by atoms with Gasteiger partial charge in [0.1, 0.15) is 5.82 Å². The Morgan fingerprint density at radius 3 is 2.70 bits per heavy atom. The molecule has 2 aromatic carbocycles. The Morgan fingerprint density at radius 1 is 1.10 bits per heavy atom. The van der Waals surface area contributed by atoms with E-state index in [1.165, 1.54) is 17.2 Å². The Bertz CT molecular complexity index is 639. The Morgan fingerprint density at radius 2 is 1.90 bits per heavy atom. The van der Waals surface area contributed by atoms with Crippen molar-refractivity contribution in [3.05, 3.63) is 58.9 Å². The quantitative estimate of drug-likeness (QED) is 0.916. The molecule has 1 N–H and O–H groups in total. The summed E-state index contributed by atoms with van der Waals surface area (Å²) in [5, 5.41) is 3.22. The maximum absolute atomic E-state index is 13.6. The van der Waals surface area contributed by atoms with Crippen LogP contribution in [0.5, 0.6) is 0 Å². The van der Waals surface area contributed by atoms with Crippen LogP contribution in [0.15, 0.2) is 36.4 Å². The topological polar surface area (TPSA) is 21.3 Å². The lowest BCUT2D eigenvalue weighted by Crippen LogP contribution is -2.13. The van der Waals surface area contributed by atoms with E-state index in [0.717, 1.165) is 16.7 Å². The van der Waals surface area contributed by atoms with E-state index in [2.05, 4.69) is 24.4 Å². The van der Waals surface area contributed by atoms with Crippen LogP contribution in [0, 0.1) is 5.82 Å². The summed E-state index contributed by atoms with van der Waals surface area (Å²) >= 11 is 0. The van der Waals surface area contributed by atoms with Crippen molar-refractivity contribution >= 4 is 0 Å². The van der Waals surface area contributed by atoms with Crippen molar-refractivity contribution < 1.29 is 9.13 Å². The molecule has 2 nitrogen and oxygen atoms in total. The number of ether oxygens (including phenoxy) is 1. The van der Waals surface area contributed by atoms with Gasteiger partial charge in [0.25, 0.3) is 0 Å². The van der Waals surface area contributed by atoms with Gasteiger partial charge >= 0.3 is 0 Å². The van der Waals surface area contributed by atoms with Gasteiger partial charge in [-0.3, -0.25) is 0 Å². The van der Waals surface area contributed by atoms with Gasteiger partial charge in [0.2, 0.25) is 0 Å². The first-order valence-corrected chi connectivity index (χ1v) is 6.85. The van der Waals surface area contributed by atoms with E-state index in [1.54, 1.807) is 6.07 Å². The van der Waals surface area contributed by atoms with E-state index in [0.29, 0.717) is 13.2 Å². The lowest BCUT2D eigenvalue weighted by Gasteiger charge is -2.16. The average molecular weight is 271 g/mol. The monoisotopic (exact) mass is 271 g/mol. The molecule has 0 spiro atoms. The maximum Gasteiger partial charge on any atom is 0.123 e. The number of hydrogen-bond donors (Lipinski definition) is 1. The van der Waals surface area contributed by atoms with Crippen LogP contribution in [-0.2, 0) is 18.0 Å². The zero-order valence-corrected chi connectivity index (χ0v) is 11.7. The van der Waals surface area contributed by atoms with E-state index in [9.17, 15) is 4.39 Å². The predicted molar refractivity (Wildman–Crippen MR) is 77.8 cm³/mol. The summed E-state index contributed by atoms with van der Waals surface area (Å²) in [6.07, 6.45) is 0. The van der Waals surface area contributed by atoms with Gasteiger partial charge in [-0.05, 0) is 60.0 Å². The minimum absolute atomic E-state index is 0.176. The highest BCUT2D eigenvalue weighted by Gasteiger charge is 2.15. The Kier molecular flexibility index (Phi) is 3.55. The number of nitrogens with one attached hydrogen (secondary N) is 1. The SMILES string of the molecule is CNC(C)c1ccc(F)cc1-c1ccc2c(c1)COC2. The first-order valence-electron chi connectivity index (χ1n) is 6.85. The first kappa shape index (κ1) is 13.3. The van der Waals surface area contributed by atoms with Crippen molar-refractivity contribution in [1.29, 1.82) is 0 Å². The molecule has 0 amide bonds. The van der Waals surface area contributed by atoms with Gasteiger partial charge in [-0.1, -0.05) is 18.2 Å². The van der Waals surface area contributed by atoms with Gasteiger partial charge in [0.05, 0.1) is 13.2 Å². The van der Waals surface area contributed by atoms with Crippen LogP contribution in [0.3, 0.4) is 0 Å². The highest BCUT2D eigenvalue weighted by molar-refractivity contribution is 5.69. The summed E-state index contributed by atoms with van der Waals surface area (Å²) in [6.45, 7) is 3.40. The molecule has 0 saturated heterocycles. The Labute approximate surface area is 118 Å². The minimum Gasteiger partial charge on any atom is -0.372 e. The number of benzene rings is 2. The predicted octanol–water partition coefficient (Wildman–Crippen LogP) is 3.80. The average Bonchev–Trinajstić information content (AvgIpc) is 2.93. The summed E-state index contributed by atoms with van der Waals surface area (Å²) in [4.78, 5) is 0. The normalized spacial score (nSPS) is 15.2. The summed E-state index contributed by atoms with van der Waals surface area (Å²) < 4.78 is 19.1. The molecule has 0 aromatic heterocycles. The summed E-state index contributed by atoms with van der Waals surface area (Å²) in [5.74, 6) is -0.205. The molecule has 104 valence electrons. The standard InChI is InChI=1S/C17H18FNO/c1-11(19-2)16-6-5-15(18)8-17(16)12-3-4-13-9-20-10-14(13)7-12/h3-8,11,19H,9-10H2,1-2H3. The third kappa shape index (κ3) is 2.35. The van der Waals surface area contributed by atoms with E-state index in [1.807, 2.05) is 19.2 Å². The van der Waals surface area contributed by atoms with Gasteiger partial charge in [-0.25, -0.2) is 4.39 Å². The smallest absolute Gasteiger partial charge is 0.123 e. The highest BCUT2D eigenvalue weighted by atomic mass is 19.1. The van der Waals surface area contributed by atoms with Crippen LogP contribution in [0.25, 0.3) is 11.1 Å². The molecule has 3 rings (SSSR count). The van der Waals surface area contributed by atoms with Gasteiger partial charge in [-0.2, -0.15) is 0 Å². The van der Waals surface area contributed by atoms with Crippen LogP contribution in [-0.4, -0.2) is 7.05 Å². The number of halogens is 1. The molecule has 2 aromatic rings. The minimum atomic E-state index is -0.205. The van der Waals surface area contributed by atoms with Crippen LogP contribution in [0.4, 0.5) is 4.39 Å². The molecule has 0 aliphatic carbocycles. The maximum atomic E-state index is 13.6. The molecule has 1 heterocycles. The molecule has 0 radical (unpaired) electrons. The van der Waals surface area contributed by atoms with Crippen molar-refractivity contribution in [2.45, 2.75) is 26.2 Å². The fraction of sp³-hybridized carbons (Fsp3) is 0.294. The molecular formula is C17H18FNO. The highest BCUT2D eigenvalue weighted by Crippen LogP contribution is 2.32. The largest absolute Gasteiger partial charge is 0.372 e. The molecule has 1 atom stereocenters. The summed E-state index contributed by atoms with van der Waals surface area (Å²) in [6, 6.07) is 11.4. The number of hydrogen-bond acceptors (Lipinski definition) is 2. The van der Waals surface area contributed by atoms with Crippen LogP contribution in [0.1, 0.15) is 29.7 Å². The molecule has 1 unspecified atom stereocenters. The Balaban J connectivity index is 2.11. The fourth-order valence-electron chi connectivity index (χ4n) is 2.65. The molecule has 1 aliphatic rings. The second kappa shape index (κ2) is 5.35. The molecule has 20 heavy (non-hydrogen) atoms. The number of fused-ring (bicyclic) bond motifs is 1. The molecule has 1 aliphatic heterocycles. The van der Waals surface area contributed by atoms with Crippen molar-refractivity contribution in [3.63, 3.8) is 0 Å². The first-order chi connectivity index (χ1) is 9.69. The lowest BCUT2D eigenvalue weighted by molar-refractivity contribution is 0.134. The van der Waals surface area contributed by atoms with Crippen molar-refractivity contribution in [2.24, 2.45) is 0 Å². The van der Waals surface area contributed by atoms with Crippen LogP contribution < -0.4 is 5.32 Å². The van der Waals surface area contributed by atoms with Gasteiger partial charge < -0.3 is 10.1 Å².